The molecule has 0 saturated heterocycles. The fraction of sp³-hybridized carbons (Fsp3) is 1.00. The molecule has 17 heavy (non-hydrogen) atoms. The molecule has 0 amide bonds. The average Bonchev–Trinajstić information content (AvgIpc) is 2.16. The maximum atomic E-state index is 5.83. The zero-order valence-electron chi connectivity index (χ0n) is 12.2. The first-order valence-corrected chi connectivity index (χ1v) is 11.8. The highest BCUT2D eigenvalue weighted by Gasteiger charge is 2.44. The second-order valence-electron chi connectivity index (χ2n) is 4.96. The maximum Gasteiger partial charge on any atom is 0.679 e. The molecule has 0 aliphatic heterocycles. The molecule has 0 aliphatic rings. The summed E-state index contributed by atoms with van der Waals surface area (Å²) < 4.78 is 22.7. The molecular formula is C11H28O4Si2. The molecule has 0 heterocycles. The normalized spacial score (nSPS) is 13.1. The number of hydrogen-bond acceptors (Lipinski definition) is 4. The summed E-state index contributed by atoms with van der Waals surface area (Å²) in [7, 11) is -3.97. The molecule has 0 fully saturated rings. The monoisotopic (exact) mass is 280 g/mol. The quantitative estimate of drug-likeness (QED) is 0.577. The summed E-state index contributed by atoms with van der Waals surface area (Å²) in [5.41, 5.74) is 0. The molecular weight excluding hydrogens is 252 g/mol. The Morgan fingerprint density at radius 3 is 1.41 bits per heavy atom. The lowest BCUT2D eigenvalue weighted by molar-refractivity contribution is -0.0248. The van der Waals surface area contributed by atoms with Gasteiger partial charge in [-0.15, -0.1) is 0 Å². The van der Waals surface area contributed by atoms with Gasteiger partial charge in [0.15, 0.2) is 0 Å². The van der Waals surface area contributed by atoms with Crippen LogP contribution in [0.3, 0.4) is 0 Å². The second kappa shape index (κ2) is 8.39. The Morgan fingerprint density at radius 1 is 0.706 bits per heavy atom. The van der Waals surface area contributed by atoms with Crippen LogP contribution in [0.4, 0.5) is 0 Å². The van der Waals surface area contributed by atoms with E-state index in [2.05, 4.69) is 19.6 Å². The molecule has 0 N–H and O–H groups in total. The Balaban J connectivity index is 4.33. The highest BCUT2D eigenvalue weighted by Crippen LogP contribution is 2.15. The van der Waals surface area contributed by atoms with E-state index in [1.807, 2.05) is 20.8 Å². The average molecular weight is 281 g/mol. The van der Waals surface area contributed by atoms with Crippen LogP contribution in [0, 0.1) is 0 Å². The van der Waals surface area contributed by atoms with Crippen molar-refractivity contribution >= 4 is 17.1 Å². The molecule has 0 unspecified atom stereocenters. The van der Waals surface area contributed by atoms with E-state index in [-0.39, 0.29) is 0 Å². The van der Waals surface area contributed by atoms with Crippen molar-refractivity contribution < 1.29 is 17.7 Å². The third-order valence-corrected chi connectivity index (χ3v) is 6.28. The van der Waals surface area contributed by atoms with Crippen LogP contribution in [0.25, 0.3) is 0 Å². The highest BCUT2D eigenvalue weighted by atomic mass is 28.4. The van der Waals surface area contributed by atoms with Crippen LogP contribution < -0.4 is 0 Å². The molecule has 0 aromatic heterocycles. The van der Waals surface area contributed by atoms with Gasteiger partial charge in [-0.3, -0.25) is 0 Å². The summed E-state index contributed by atoms with van der Waals surface area (Å²) >= 11 is 0. The van der Waals surface area contributed by atoms with E-state index in [1.54, 1.807) is 0 Å². The minimum absolute atomic E-state index is 0.555. The van der Waals surface area contributed by atoms with Gasteiger partial charge in [0, 0.05) is 34.5 Å². The SMILES string of the molecule is CCO[Si](OCC)(OCC)OCC[Si](C)(C)C. The Hall–Kier alpha value is 0.274. The van der Waals surface area contributed by atoms with Gasteiger partial charge in [-0.25, -0.2) is 0 Å². The predicted octanol–water partition coefficient (Wildman–Crippen LogP) is 2.89. The van der Waals surface area contributed by atoms with E-state index in [1.165, 1.54) is 0 Å². The minimum atomic E-state index is -2.87. The van der Waals surface area contributed by atoms with Crippen molar-refractivity contribution in [1.82, 2.24) is 0 Å². The molecule has 0 spiro atoms. The van der Waals surface area contributed by atoms with Gasteiger partial charge in [0.25, 0.3) is 0 Å². The van der Waals surface area contributed by atoms with Crippen LogP contribution in [0.5, 0.6) is 0 Å². The lowest BCUT2D eigenvalue weighted by atomic mass is 10.9. The van der Waals surface area contributed by atoms with E-state index < -0.39 is 17.1 Å². The first-order valence-electron chi connectivity index (χ1n) is 6.45. The van der Waals surface area contributed by atoms with Crippen molar-refractivity contribution in [3.63, 3.8) is 0 Å². The fourth-order valence-electron chi connectivity index (χ4n) is 1.26. The van der Waals surface area contributed by atoms with Crippen molar-refractivity contribution in [2.45, 2.75) is 46.5 Å². The van der Waals surface area contributed by atoms with Gasteiger partial charge in [0.2, 0.25) is 0 Å². The van der Waals surface area contributed by atoms with Crippen LogP contribution in [0.2, 0.25) is 25.7 Å². The zero-order valence-corrected chi connectivity index (χ0v) is 14.2. The van der Waals surface area contributed by atoms with Gasteiger partial charge in [0.1, 0.15) is 0 Å². The highest BCUT2D eigenvalue weighted by molar-refractivity contribution is 6.76. The standard InChI is InChI=1S/C11H28O4Si2/c1-7-12-17(13-8-2,14-9-3)15-10-11-16(4,5)6/h7-11H2,1-6H3. The van der Waals surface area contributed by atoms with Crippen molar-refractivity contribution in [3.8, 4) is 0 Å². The van der Waals surface area contributed by atoms with Crippen molar-refractivity contribution in [3.05, 3.63) is 0 Å². The smallest absolute Gasteiger partial charge is 0.351 e. The summed E-state index contributed by atoms with van der Waals surface area (Å²) in [5.74, 6) is 0. The molecule has 0 radical (unpaired) electrons. The second-order valence-corrected chi connectivity index (χ2v) is 12.7. The van der Waals surface area contributed by atoms with Gasteiger partial charge in [-0.1, -0.05) is 19.6 Å². The molecule has 6 heteroatoms. The molecule has 0 atom stereocenters. The molecule has 0 aromatic rings. The lowest BCUT2D eigenvalue weighted by Gasteiger charge is -2.28. The van der Waals surface area contributed by atoms with Crippen molar-refractivity contribution in [1.29, 1.82) is 0 Å². The van der Waals surface area contributed by atoms with E-state index in [0.29, 0.717) is 26.4 Å². The van der Waals surface area contributed by atoms with E-state index >= 15 is 0 Å². The fourth-order valence-corrected chi connectivity index (χ4v) is 4.09. The molecule has 0 rings (SSSR count). The number of rotatable bonds is 10. The van der Waals surface area contributed by atoms with Gasteiger partial charge in [-0.05, 0) is 26.8 Å². The third kappa shape index (κ3) is 8.07. The maximum absolute atomic E-state index is 5.83. The Kier molecular flexibility index (Phi) is 8.52. The van der Waals surface area contributed by atoms with E-state index in [0.717, 1.165) is 6.04 Å². The van der Waals surface area contributed by atoms with Gasteiger partial charge >= 0.3 is 9.05 Å². The van der Waals surface area contributed by atoms with Crippen LogP contribution in [-0.4, -0.2) is 43.5 Å². The molecule has 0 bridgehead atoms. The first-order chi connectivity index (χ1) is 7.89. The molecule has 0 aromatic carbocycles. The summed E-state index contributed by atoms with van der Waals surface area (Å²) in [5, 5.41) is 0. The summed E-state index contributed by atoms with van der Waals surface area (Å²) in [6.07, 6.45) is 0. The first kappa shape index (κ1) is 17.3. The summed E-state index contributed by atoms with van der Waals surface area (Å²) in [4.78, 5) is 0. The lowest BCUT2D eigenvalue weighted by Crippen LogP contribution is -2.50. The predicted molar refractivity (Wildman–Crippen MR) is 74.7 cm³/mol. The van der Waals surface area contributed by atoms with Crippen LogP contribution in [-0.2, 0) is 17.7 Å². The van der Waals surface area contributed by atoms with Gasteiger partial charge in [-0.2, -0.15) is 0 Å². The summed E-state index contributed by atoms with van der Waals surface area (Å²) in [6, 6.07) is 1.09. The molecule has 0 aliphatic carbocycles. The van der Waals surface area contributed by atoms with Crippen molar-refractivity contribution in [2.24, 2.45) is 0 Å². The topological polar surface area (TPSA) is 36.9 Å². The number of hydrogen-bond donors (Lipinski definition) is 0. The largest absolute Gasteiger partial charge is 0.679 e. The van der Waals surface area contributed by atoms with Crippen LogP contribution in [0.15, 0.2) is 0 Å². The molecule has 4 nitrogen and oxygen atoms in total. The zero-order chi connectivity index (χ0) is 13.4. The van der Waals surface area contributed by atoms with Gasteiger partial charge < -0.3 is 17.7 Å². The van der Waals surface area contributed by atoms with Crippen molar-refractivity contribution in [2.75, 3.05) is 26.4 Å². The third-order valence-electron chi connectivity index (χ3n) is 2.09. The van der Waals surface area contributed by atoms with Crippen LogP contribution >= 0.6 is 0 Å². The minimum Gasteiger partial charge on any atom is -0.351 e. The van der Waals surface area contributed by atoms with Gasteiger partial charge in [0.05, 0.1) is 0 Å². The summed E-state index contributed by atoms with van der Waals surface area (Å²) in [6.45, 7) is 15.1. The Bertz CT molecular complexity index is 177. The van der Waals surface area contributed by atoms with Crippen LogP contribution in [0.1, 0.15) is 20.8 Å². The Labute approximate surface area is 108 Å². The van der Waals surface area contributed by atoms with E-state index in [4.69, 9.17) is 17.7 Å². The molecule has 104 valence electrons. The van der Waals surface area contributed by atoms with E-state index in [9.17, 15) is 0 Å². The molecule has 0 saturated carbocycles. The Morgan fingerprint density at radius 2 is 1.12 bits per heavy atom.